The fraction of sp³-hybridized carbons (Fsp3) is 0.400. The maximum Gasteiger partial charge on any atom is 0.234 e. The normalized spacial score (nSPS) is 15.1. The van der Waals surface area contributed by atoms with E-state index in [4.69, 9.17) is 16.3 Å². The Labute approximate surface area is 181 Å². The number of aromatic nitrogens is 1. The second kappa shape index (κ2) is 9.49. The van der Waals surface area contributed by atoms with Gasteiger partial charge in [0.25, 0.3) is 0 Å². The molecule has 1 saturated heterocycles. The lowest BCUT2D eigenvalue weighted by Gasteiger charge is -2.27. The van der Waals surface area contributed by atoms with Crippen LogP contribution in [0, 0.1) is 5.82 Å². The first-order valence-electron chi connectivity index (χ1n) is 9.49. The van der Waals surface area contributed by atoms with Gasteiger partial charge in [-0.1, -0.05) is 22.9 Å². The molecule has 0 spiro atoms. The van der Waals surface area contributed by atoms with Gasteiger partial charge in [0.05, 0.1) is 34.2 Å². The fourth-order valence-electron chi connectivity index (χ4n) is 3.30. The fourth-order valence-corrected chi connectivity index (χ4v) is 5.41. The summed E-state index contributed by atoms with van der Waals surface area (Å²) in [7, 11) is 0. The molecule has 1 aliphatic heterocycles. The van der Waals surface area contributed by atoms with Crippen molar-refractivity contribution in [1.29, 1.82) is 0 Å². The van der Waals surface area contributed by atoms with Gasteiger partial charge in [0.15, 0.2) is 5.13 Å². The second-order valence-electron chi connectivity index (χ2n) is 6.84. The van der Waals surface area contributed by atoms with Crippen molar-refractivity contribution in [3.05, 3.63) is 45.4 Å². The Morgan fingerprint density at radius 2 is 2.07 bits per heavy atom. The summed E-state index contributed by atoms with van der Waals surface area (Å²) in [6.07, 6.45) is 1.11. The lowest BCUT2D eigenvalue weighted by Crippen LogP contribution is -2.39. The van der Waals surface area contributed by atoms with E-state index in [1.54, 1.807) is 17.0 Å². The molecule has 154 valence electrons. The van der Waals surface area contributed by atoms with Crippen molar-refractivity contribution < 1.29 is 13.9 Å². The minimum Gasteiger partial charge on any atom is -0.379 e. The van der Waals surface area contributed by atoms with E-state index in [0.717, 1.165) is 48.8 Å². The largest absolute Gasteiger partial charge is 0.379 e. The summed E-state index contributed by atoms with van der Waals surface area (Å²) in [6, 6.07) is 8.19. The molecule has 1 fully saturated rings. The highest BCUT2D eigenvalue weighted by Crippen LogP contribution is 2.30. The number of nitrogens with zero attached hydrogens (tertiary/aromatic N) is 3. The molecule has 1 aromatic carbocycles. The lowest BCUT2D eigenvalue weighted by molar-refractivity contribution is -0.118. The molecule has 0 unspecified atom stereocenters. The Morgan fingerprint density at radius 3 is 2.83 bits per heavy atom. The summed E-state index contributed by atoms with van der Waals surface area (Å²) in [4.78, 5) is 22.7. The molecule has 2 aromatic heterocycles. The highest BCUT2D eigenvalue weighted by Gasteiger charge is 2.21. The number of amides is 1. The molecule has 1 amide bonds. The molecule has 0 bridgehead atoms. The number of morpholine rings is 1. The summed E-state index contributed by atoms with van der Waals surface area (Å²) < 4.78 is 20.4. The molecule has 0 atom stereocenters. The number of anilines is 1. The smallest absolute Gasteiger partial charge is 0.234 e. The third kappa shape index (κ3) is 5.32. The van der Waals surface area contributed by atoms with Crippen LogP contribution in [0.4, 0.5) is 9.52 Å². The number of thiazole rings is 1. The first kappa shape index (κ1) is 20.7. The predicted octanol–water partition coefficient (Wildman–Crippen LogP) is 4.45. The van der Waals surface area contributed by atoms with Crippen LogP contribution in [-0.2, 0) is 16.0 Å². The Morgan fingerprint density at radius 1 is 1.24 bits per heavy atom. The number of fused-ring (bicyclic) bond motifs is 1. The van der Waals surface area contributed by atoms with E-state index < -0.39 is 0 Å². The van der Waals surface area contributed by atoms with E-state index in [9.17, 15) is 9.18 Å². The van der Waals surface area contributed by atoms with Gasteiger partial charge in [-0.05, 0) is 36.8 Å². The van der Waals surface area contributed by atoms with Crippen LogP contribution >= 0.6 is 34.3 Å². The summed E-state index contributed by atoms with van der Waals surface area (Å²) in [5.74, 6) is -0.323. The van der Waals surface area contributed by atoms with Crippen LogP contribution in [0.5, 0.6) is 0 Å². The van der Waals surface area contributed by atoms with Crippen molar-refractivity contribution >= 4 is 55.5 Å². The summed E-state index contributed by atoms with van der Waals surface area (Å²) >= 11 is 8.77. The maximum absolute atomic E-state index is 13.6. The van der Waals surface area contributed by atoms with Crippen molar-refractivity contribution in [3.8, 4) is 0 Å². The van der Waals surface area contributed by atoms with Gasteiger partial charge in [-0.25, -0.2) is 9.37 Å². The zero-order chi connectivity index (χ0) is 20.2. The summed E-state index contributed by atoms with van der Waals surface area (Å²) in [5.41, 5.74) is 0.705. The van der Waals surface area contributed by atoms with E-state index in [1.165, 1.54) is 34.8 Å². The number of carbonyl (C=O) groups excluding carboxylic acids is 1. The van der Waals surface area contributed by atoms with Gasteiger partial charge in [0, 0.05) is 31.1 Å². The standard InChI is InChI=1S/C20H21ClFN3O2S2/c21-18-5-3-15(28-18)13-19(26)25(7-1-6-24-8-10-27-11-9-24)20-23-16-4-2-14(22)12-17(16)29-20/h2-5,12H,1,6-11,13H2. The molecule has 0 N–H and O–H groups in total. The SMILES string of the molecule is O=C(Cc1ccc(Cl)s1)N(CCCN1CCOCC1)c1nc2ccc(F)cc2s1. The third-order valence-corrected chi connectivity index (χ3v) is 7.06. The number of hydrogen-bond donors (Lipinski definition) is 0. The highest BCUT2D eigenvalue weighted by molar-refractivity contribution is 7.22. The van der Waals surface area contributed by atoms with E-state index in [2.05, 4.69) is 9.88 Å². The van der Waals surface area contributed by atoms with Crippen LogP contribution in [0.3, 0.4) is 0 Å². The average molecular weight is 454 g/mol. The number of thiophene rings is 1. The van der Waals surface area contributed by atoms with Gasteiger partial charge in [0.1, 0.15) is 5.82 Å². The van der Waals surface area contributed by atoms with Crippen molar-refractivity contribution in [2.45, 2.75) is 12.8 Å². The summed E-state index contributed by atoms with van der Waals surface area (Å²) in [5, 5.41) is 0.611. The minimum absolute atomic E-state index is 0.0231. The van der Waals surface area contributed by atoms with Crippen LogP contribution in [0.15, 0.2) is 30.3 Å². The van der Waals surface area contributed by atoms with E-state index in [1.807, 2.05) is 6.07 Å². The van der Waals surface area contributed by atoms with Crippen LogP contribution in [0.25, 0.3) is 10.2 Å². The van der Waals surface area contributed by atoms with E-state index in [-0.39, 0.29) is 18.1 Å². The topological polar surface area (TPSA) is 45.7 Å². The van der Waals surface area contributed by atoms with E-state index in [0.29, 0.717) is 21.5 Å². The van der Waals surface area contributed by atoms with Gasteiger partial charge < -0.3 is 4.74 Å². The van der Waals surface area contributed by atoms with Crippen molar-refractivity contribution in [2.24, 2.45) is 0 Å². The van der Waals surface area contributed by atoms with Crippen LogP contribution in [0.1, 0.15) is 11.3 Å². The molecule has 4 rings (SSSR count). The molecule has 0 radical (unpaired) electrons. The molecule has 3 aromatic rings. The zero-order valence-corrected chi connectivity index (χ0v) is 18.2. The number of benzene rings is 1. The van der Waals surface area contributed by atoms with Crippen molar-refractivity contribution in [3.63, 3.8) is 0 Å². The van der Waals surface area contributed by atoms with Gasteiger partial charge >= 0.3 is 0 Å². The third-order valence-electron chi connectivity index (χ3n) is 4.79. The molecular formula is C20H21ClFN3O2S2. The number of halogens is 2. The van der Waals surface area contributed by atoms with Gasteiger partial charge in [-0.3, -0.25) is 14.6 Å². The average Bonchev–Trinajstić information content (AvgIpc) is 3.31. The maximum atomic E-state index is 13.6. The van der Waals surface area contributed by atoms with Crippen LogP contribution < -0.4 is 4.90 Å². The molecule has 0 aliphatic carbocycles. The number of hydrogen-bond acceptors (Lipinski definition) is 6. The van der Waals surface area contributed by atoms with Crippen molar-refractivity contribution in [2.75, 3.05) is 44.3 Å². The number of rotatable bonds is 7. The molecule has 5 nitrogen and oxygen atoms in total. The lowest BCUT2D eigenvalue weighted by atomic mass is 10.3. The number of ether oxygens (including phenoxy) is 1. The van der Waals surface area contributed by atoms with E-state index >= 15 is 0 Å². The highest BCUT2D eigenvalue weighted by atomic mass is 35.5. The molecule has 1 aliphatic rings. The van der Waals surface area contributed by atoms with Gasteiger partial charge in [-0.2, -0.15) is 0 Å². The minimum atomic E-state index is -0.300. The van der Waals surface area contributed by atoms with Crippen LogP contribution in [0.2, 0.25) is 4.34 Å². The second-order valence-corrected chi connectivity index (χ2v) is 9.65. The predicted molar refractivity (Wildman–Crippen MR) is 117 cm³/mol. The number of carbonyl (C=O) groups is 1. The molecular weight excluding hydrogens is 433 g/mol. The Hall–Kier alpha value is -1.58. The molecule has 0 saturated carbocycles. The molecule has 29 heavy (non-hydrogen) atoms. The first-order chi connectivity index (χ1) is 14.1. The Bertz CT molecular complexity index is 987. The first-order valence-corrected chi connectivity index (χ1v) is 11.5. The molecule has 3 heterocycles. The molecule has 9 heteroatoms. The van der Waals surface area contributed by atoms with Crippen molar-refractivity contribution in [1.82, 2.24) is 9.88 Å². The Kier molecular flexibility index (Phi) is 6.77. The zero-order valence-electron chi connectivity index (χ0n) is 15.8. The Balaban J connectivity index is 1.50. The van der Waals surface area contributed by atoms with Gasteiger partial charge in [0.2, 0.25) is 5.91 Å². The quantitative estimate of drug-likeness (QED) is 0.530. The van der Waals surface area contributed by atoms with Gasteiger partial charge in [-0.15, -0.1) is 11.3 Å². The van der Waals surface area contributed by atoms with Crippen LogP contribution in [-0.4, -0.2) is 55.2 Å². The monoisotopic (exact) mass is 453 g/mol. The summed E-state index contributed by atoms with van der Waals surface area (Å²) in [6.45, 7) is 4.82.